The summed E-state index contributed by atoms with van der Waals surface area (Å²) >= 11 is 1.79. The molecule has 2 heterocycles. The van der Waals surface area contributed by atoms with Crippen molar-refractivity contribution in [3.05, 3.63) is 65.3 Å². The number of hydrazine groups is 1. The maximum absolute atomic E-state index is 5.71. The molecule has 3 aromatic rings. The van der Waals surface area contributed by atoms with Crippen LogP contribution in [-0.4, -0.2) is 11.0 Å². The fraction of sp³-hybridized carbons (Fsp3) is 0.188. The van der Waals surface area contributed by atoms with E-state index in [-0.39, 0.29) is 6.04 Å². The van der Waals surface area contributed by atoms with Crippen LogP contribution in [0.15, 0.2) is 54.0 Å². The van der Waals surface area contributed by atoms with Crippen molar-refractivity contribution in [1.29, 1.82) is 0 Å². The van der Waals surface area contributed by atoms with E-state index in [9.17, 15) is 0 Å². The third-order valence-electron chi connectivity index (χ3n) is 3.44. The average molecular weight is 283 g/mol. The molecule has 0 radical (unpaired) electrons. The highest BCUT2D eigenvalue weighted by Gasteiger charge is 2.12. The monoisotopic (exact) mass is 283 g/mol. The lowest BCUT2D eigenvalue weighted by Crippen LogP contribution is -2.38. The zero-order valence-electron chi connectivity index (χ0n) is 11.1. The molecule has 0 bridgehead atoms. The van der Waals surface area contributed by atoms with Gasteiger partial charge < -0.3 is 0 Å². The van der Waals surface area contributed by atoms with Gasteiger partial charge in [0, 0.05) is 29.1 Å². The first-order chi connectivity index (χ1) is 9.86. The van der Waals surface area contributed by atoms with E-state index in [0.717, 1.165) is 18.5 Å². The molecule has 4 heteroatoms. The third-order valence-corrected chi connectivity index (χ3v) is 4.46. The third kappa shape index (κ3) is 2.88. The van der Waals surface area contributed by atoms with E-state index in [1.807, 2.05) is 24.4 Å². The Kier molecular flexibility index (Phi) is 4.06. The molecule has 0 aliphatic carbocycles. The molecular weight excluding hydrogens is 266 g/mol. The van der Waals surface area contributed by atoms with Crippen molar-refractivity contribution in [2.45, 2.75) is 18.9 Å². The zero-order valence-corrected chi connectivity index (χ0v) is 11.9. The Morgan fingerprint density at radius 1 is 1.10 bits per heavy atom. The minimum absolute atomic E-state index is 0.197. The Morgan fingerprint density at radius 3 is 2.75 bits per heavy atom. The van der Waals surface area contributed by atoms with Crippen LogP contribution < -0.4 is 11.3 Å². The van der Waals surface area contributed by atoms with E-state index < -0.39 is 0 Å². The SMILES string of the molecule is NNC(Cc1ccccn1)Cc1csc2ccccc12. The van der Waals surface area contributed by atoms with Gasteiger partial charge in [-0.15, -0.1) is 11.3 Å². The van der Waals surface area contributed by atoms with E-state index in [1.165, 1.54) is 15.6 Å². The first-order valence-corrected chi connectivity index (χ1v) is 7.56. The molecule has 3 N–H and O–H groups in total. The largest absolute Gasteiger partial charge is 0.271 e. The van der Waals surface area contributed by atoms with Crippen molar-refractivity contribution in [3.8, 4) is 0 Å². The summed E-state index contributed by atoms with van der Waals surface area (Å²) < 4.78 is 1.33. The van der Waals surface area contributed by atoms with Crippen LogP contribution in [0.5, 0.6) is 0 Å². The van der Waals surface area contributed by atoms with Crippen LogP contribution in [0.25, 0.3) is 10.1 Å². The number of thiophene rings is 1. The predicted octanol–water partition coefficient (Wildman–Crippen LogP) is 2.91. The number of nitrogens with zero attached hydrogens (tertiary/aromatic N) is 1. The van der Waals surface area contributed by atoms with Crippen LogP contribution in [0.2, 0.25) is 0 Å². The highest BCUT2D eigenvalue weighted by atomic mass is 32.1. The number of rotatable bonds is 5. The van der Waals surface area contributed by atoms with Gasteiger partial charge >= 0.3 is 0 Å². The molecular formula is C16H17N3S. The Bertz CT molecular complexity index is 678. The van der Waals surface area contributed by atoms with Gasteiger partial charge in [-0.2, -0.15) is 0 Å². The molecule has 20 heavy (non-hydrogen) atoms. The fourth-order valence-electron chi connectivity index (χ4n) is 2.42. The lowest BCUT2D eigenvalue weighted by molar-refractivity contribution is 0.519. The molecule has 0 aliphatic heterocycles. The first-order valence-electron chi connectivity index (χ1n) is 6.68. The summed E-state index contributed by atoms with van der Waals surface area (Å²) in [6.07, 6.45) is 3.57. The van der Waals surface area contributed by atoms with Crippen LogP contribution in [-0.2, 0) is 12.8 Å². The lowest BCUT2D eigenvalue weighted by Gasteiger charge is -2.15. The summed E-state index contributed by atoms with van der Waals surface area (Å²) in [6, 6.07) is 14.7. The molecule has 0 fully saturated rings. The number of hydrogen-bond donors (Lipinski definition) is 2. The molecule has 3 nitrogen and oxygen atoms in total. The number of pyridine rings is 1. The van der Waals surface area contributed by atoms with Crippen molar-refractivity contribution in [1.82, 2.24) is 10.4 Å². The van der Waals surface area contributed by atoms with Crippen LogP contribution in [0.3, 0.4) is 0 Å². The molecule has 1 atom stereocenters. The lowest BCUT2D eigenvalue weighted by atomic mass is 10.0. The topological polar surface area (TPSA) is 50.9 Å². The summed E-state index contributed by atoms with van der Waals surface area (Å²) in [7, 11) is 0. The molecule has 3 rings (SSSR count). The van der Waals surface area contributed by atoms with Gasteiger partial charge in [-0.05, 0) is 40.9 Å². The van der Waals surface area contributed by atoms with Gasteiger partial charge in [0.15, 0.2) is 0 Å². The van der Waals surface area contributed by atoms with E-state index in [1.54, 1.807) is 11.3 Å². The second-order valence-electron chi connectivity index (χ2n) is 4.85. The molecule has 0 saturated heterocycles. The van der Waals surface area contributed by atoms with Crippen molar-refractivity contribution >= 4 is 21.4 Å². The van der Waals surface area contributed by atoms with E-state index in [4.69, 9.17) is 5.84 Å². The smallest absolute Gasteiger partial charge is 0.0419 e. The van der Waals surface area contributed by atoms with Gasteiger partial charge in [0.25, 0.3) is 0 Å². The fourth-order valence-corrected chi connectivity index (χ4v) is 3.39. The maximum atomic E-state index is 5.71. The summed E-state index contributed by atoms with van der Waals surface area (Å²) in [6.45, 7) is 0. The van der Waals surface area contributed by atoms with Crippen molar-refractivity contribution in [2.24, 2.45) is 5.84 Å². The standard InChI is InChI=1S/C16H17N3S/c17-19-14(10-13-5-3-4-8-18-13)9-12-11-20-16-7-2-1-6-15(12)16/h1-8,11,14,19H,9-10,17H2. The Morgan fingerprint density at radius 2 is 1.95 bits per heavy atom. The number of benzene rings is 1. The summed E-state index contributed by atoms with van der Waals surface area (Å²) in [5.41, 5.74) is 5.33. The Labute approximate surface area is 122 Å². The summed E-state index contributed by atoms with van der Waals surface area (Å²) in [5, 5.41) is 3.56. The maximum Gasteiger partial charge on any atom is 0.0419 e. The van der Waals surface area contributed by atoms with Gasteiger partial charge in [0.2, 0.25) is 0 Å². The van der Waals surface area contributed by atoms with Crippen LogP contribution >= 0.6 is 11.3 Å². The number of nitrogens with one attached hydrogen (secondary N) is 1. The minimum Gasteiger partial charge on any atom is -0.271 e. The van der Waals surface area contributed by atoms with Crippen molar-refractivity contribution in [3.63, 3.8) is 0 Å². The van der Waals surface area contributed by atoms with Gasteiger partial charge in [-0.1, -0.05) is 24.3 Å². The predicted molar refractivity (Wildman–Crippen MR) is 84.6 cm³/mol. The quantitative estimate of drug-likeness (QED) is 0.559. The second kappa shape index (κ2) is 6.13. The second-order valence-corrected chi connectivity index (χ2v) is 5.76. The Hall–Kier alpha value is -1.75. The first kappa shape index (κ1) is 13.2. The number of hydrogen-bond acceptors (Lipinski definition) is 4. The molecule has 0 saturated carbocycles. The van der Waals surface area contributed by atoms with E-state index in [0.29, 0.717) is 0 Å². The number of nitrogens with two attached hydrogens (primary N) is 1. The van der Waals surface area contributed by atoms with E-state index in [2.05, 4.69) is 40.1 Å². The number of fused-ring (bicyclic) bond motifs is 1. The Balaban J connectivity index is 1.78. The number of aromatic nitrogens is 1. The molecule has 1 unspecified atom stereocenters. The highest BCUT2D eigenvalue weighted by molar-refractivity contribution is 7.17. The van der Waals surface area contributed by atoms with Gasteiger partial charge in [0.1, 0.15) is 0 Å². The highest BCUT2D eigenvalue weighted by Crippen LogP contribution is 2.26. The van der Waals surface area contributed by atoms with Gasteiger partial charge in [-0.25, -0.2) is 0 Å². The van der Waals surface area contributed by atoms with Crippen LogP contribution in [0.4, 0.5) is 0 Å². The van der Waals surface area contributed by atoms with Gasteiger partial charge in [0.05, 0.1) is 0 Å². The van der Waals surface area contributed by atoms with Crippen LogP contribution in [0.1, 0.15) is 11.3 Å². The molecule has 0 amide bonds. The molecule has 1 aromatic carbocycles. The molecule has 0 spiro atoms. The van der Waals surface area contributed by atoms with Crippen molar-refractivity contribution in [2.75, 3.05) is 0 Å². The summed E-state index contributed by atoms with van der Waals surface area (Å²) in [4.78, 5) is 4.37. The molecule has 2 aromatic heterocycles. The minimum atomic E-state index is 0.197. The summed E-state index contributed by atoms with van der Waals surface area (Å²) in [5.74, 6) is 5.71. The molecule has 0 aliphatic rings. The van der Waals surface area contributed by atoms with Gasteiger partial charge in [-0.3, -0.25) is 16.3 Å². The van der Waals surface area contributed by atoms with Crippen LogP contribution in [0, 0.1) is 0 Å². The average Bonchev–Trinajstić information content (AvgIpc) is 2.91. The van der Waals surface area contributed by atoms with Crippen molar-refractivity contribution < 1.29 is 0 Å². The van der Waals surface area contributed by atoms with E-state index >= 15 is 0 Å². The molecule has 102 valence electrons. The normalized spacial score (nSPS) is 12.7. The zero-order chi connectivity index (χ0) is 13.8.